The van der Waals surface area contributed by atoms with E-state index in [1.807, 2.05) is 0 Å². The van der Waals surface area contributed by atoms with Crippen molar-refractivity contribution in [2.75, 3.05) is 0 Å². The van der Waals surface area contributed by atoms with Crippen molar-refractivity contribution in [2.24, 2.45) is 0 Å². The molecule has 1 radical (unpaired) electrons. The first kappa shape index (κ1) is 27.7. The van der Waals surface area contributed by atoms with E-state index >= 15 is 0 Å². The first-order valence-electron chi connectivity index (χ1n) is 11.0. The molecule has 0 saturated carbocycles. The fraction of sp³-hybridized carbons (Fsp3) is 0.955. The first-order chi connectivity index (χ1) is 11.8. The smallest absolute Gasteiger partial charge is 0.303 e. The number of hydrogen-bond donors (Lipinski definition) is 1. The van der Waals surface area contributed by atoms with Crippen LogP contribution in [0.4, 0.5) is 0 Å². The van der Waals surface area contributed by atoms with E-state index in [4.69, 9.17) is 5.11 Å². The molecule has 0 aliphatic heterocycles. The number of carboxylic acids is 1. The summed E-state index contributed by atoms with van der Waals surface area (Å²) in [6.45, 7) is 2.28. The molecule has 25 heavy (non-hydrogen) atoms. The SMILES string of the molecule is CCCCCCCCCCCCCCCCCCCCCC(=O)O.[Na]. The first-order valence-corrected chi connectivity index (χ1v) is 11.0. The van der Waals surface area contributed by atoms with Crippen LogP contribution in [0.1, 0.15) is 135 Å². The number of carbonyl (C=O) groups is 1. The van der Waals surface area contributed by atoms with Gasteiger partial charge in [0.25, 0.3) is 0 Å². The second-order valence-electron chi connectivity index (χ2n) is 7.51. The van der Waals surface area contributed by atoms with Crippen molar-refractivity contribution >= 4 is 35.5 Å². The van der Waals surface area contributed by atoms with Gasteiger partial charge in [0.15, 0.2) is 0 Å². The standard InChI is InChI=1S/C22H44O2.Na/c1-2-3-4-5-6-7-8-9-10-11-12-13-14-15-16-17-18-19-20-21-22(23)24;/h2-21H2,1H3,(H,23,24);. The molecule has 0 unspecified atom stereocenters. The largest absolute Gasteiger partial charge is 0.481 e. The Morgan fingerprint density at radius 1 is 0.520 bits per heavy atom. The van der Waals surface area contributed by atoms with Crippen molar-refractivity contribution < 1.29 is 9.90 Å². The second kappa shape index (κ2) is 24.5. The number of unbranched alkanes of at least 4 members (excludes halogenated alkanes) is 18. The molecule has 0 rings (SSSR count). The predicted octanol–water partition coefficient (Wildman–Crippen LogP) is 7.51. The summed E-state index contributed by atoms with van der Waals surface area (Å²) in [5.41, 5.74) is 0. The average molecular weight is 364 g/mol. The molecule has 0 heterocycles. The fourth-order valence-electron chi connectivity index (χ4n) is 3.35. The van der Waals surface area contributed by atoms with Crippen molar-refractivity contribution in [3.05, 3.63) is 0 Å². The maximum absolute atomic E-state index is 10.4. The summed E-state index contributed by atoms with van der Waals surface area (Å²) in [5, 5.41) is 8.56. The molecule has 0 aromatic rings. The Labute approximate surface area is 180 Å². The van der Waals surface area contributed by atoms with Crippen molar-refractivity contribution in [1.29, 1.82) is 0 Å². The number of aliphatic carboxylic acids is 1. The third kappa shape index (κ3) is 26.8. The van der Waals surface area contributed by atoms with Crippen LogP contribution in [-0.4, -0.2) is 40.6 Å². The number of rotatable bonds is 20. The number of carboxylic acid groups (broad SMARTS) is 1. The zero-order chi connectivity index (χ0) is 17.7. The van der Waals surface area contributed by atoms with Crippen molar-refractivity contribution in [2.45, 2.75) is 135 Å². The van der Waals surface area contributed by atoms with Crippen LogP contribution in [0.3, 0.4) is 0 Å². The summed E-state index contributed by atoms with van der Waals surface area (Å²) in [5.74, 6) is -0.651. The Bertz CT molecular complexity index is 256. The van der Waals surface area contributed by atoms with Crippen LogP contribution in [0.15, 0.2) is 0 Å². The topological polar surface area (TPSA) is 37.3 Å². The third-order valence-corrected chi connectivity index (χ3v) is 4.99. The Kier molecular flexibility index (Phi) is 27.1. The van der Waals surface area contributed by atoms with Crippen LogP contribution in [0, 0.1) is 0 Å². The fourth-order valence-corrected chi connectivity index (χ4v) is 3.35. The predicted molar refractivity (Wildman–Crippen MR) is 111 cm³/mol. The molecule has 0 saturated heterocycles. The van der Waals surface area contributed by atoms with E-state index in [0.29, 0.717) is 6.42 Å². The minimum atomic E-state index is -0.651. The Morgan fingerprint density at radius 2 is 0.760 bits per heavy atom. The molecule has 3 heteroatoms. The molecule has 145 valence electrons. The van der Waals surface area contributed by atoms with Crippen LogP contribution < -0.4 is 0 Å². The zero-order valence-corrected chi connectivity index (χ0v) is 19.5. The summed E-state index contributed by atoms with van der Waals surface area (Å²) in [7, 11) is 0. The summed E-state index contributed by atoms with van der Waals surface area (Å²) in [4.78, 5) is 10.4. The molecular weight excluding hydrogens is 319 g/mol. The van der Waals surface area contributed by atoms with Crippen LogP contribution in [0.2, 0.25) is 0 Å². The Balaban J connectivity index is 0. The van der Waals surface area contributed by atoms with E-state index < -0.39 is 5.97 Å². The second-order valence-corrected chi connectivity index (χ2v) is 7.51. The monoisotopic (exact) mass is 363 g/mol. The molecule has 0 aromatic carbocycles. The molecule has 0 aromatic heterocycles. The minimum Gasteiger partial charge on any atom is -0.481 e. The van der Waals surface area contributed by atoms with Gasteiger partial charge in [-0.05, 0) is 6.42 Å². The molecule has 0 aliphatic carbocycles. The van der Waals surface area contributed by atoms with Gasteiger partial charge in [0.1, 0.15) is 0 Å². The van der Waals surface area contributed by atoms with E-state index in [-0.39, 0.29) is 29.6 Å². The van der Waals surface area contributed by atoms with Crippen LogP contribution in [0.25, 0.3) is 0 Å². The van der Waals surface area contributed by atoms with Gasteiger partial charge in [-0.3, -0.25) is 4.79 Å². The Morgan fingerprint density at radius 3 is 1.00 bits per heavy atom. The zero-order valence-electron chi connectivity index (χ0n) is 17.5. The van der Waals surface area contributed by atoms with Gasteiger partial charge in [0.05, 0.1) is 0 Å². The molecule has 0 amide bonds. The van der Waals surface area contributed by atoms with Crippen molar-refractivity contribution in [3.63, 3.8) is 0 Å². The van der Waals surface area contributed by atoms with Gasteiger partial charge in [-0.2, -0.15) is 0 Å². The van der Waals surface area contributed by atoms with E-state index in [9.17, 15) is 4.79 Å². The van der Waals surface area contributed by atoms with Gasteiger partial charge in [-0.1, -0.05) is 122 Å². The molecule has 0 aliphatic rings. The molecule has 0 bridgehead atoms. The Hall–Kier alpha value is 0.470. The van der Waals surface area contributed by atoms with Gasteiger partial charge in [-0.25, -0.2) is 0 Å². The third-order valence-electron chi connectivity index (χ3n) is 4.99. The minimum absolute atomic E-state index is 0. The summed E-state index contributed by atoms with van der Waals surface area (Å²) in [6, 6.07) is 0. The van der Waals surface area contributed by atoms with E-state index in [1.165, 1.54) is 109 Å². The number of hydrogen-bond acceptors (Lipinski definition) is 1. The summed E-state index contributed by atoms with van der Waals surface area (Å²) < 4.78 is 0. The maximum atomic E-state index is 10.4. The van der Waals surface area contributed by atoms with Gasteiger partial charge >= 0.3 is 5.97 Å². The normalized spacial score (nSPS) is 10.6. The van der Waals surface area contributed by atoms with Gasteiger partial charge < -0.3 is 5.11 Å². The van der Waals surface area contributed by atoms with Crippen molar-refractivity contribution in [3.8, 4) is 0 Å². The average Bonchev–Trinajstić information content (AvgIpc) is 2.56. The van der Waals surface area contributed by atoms with E-state index in [2.05, 4.69) is 6.92 Å². The van der Waals surface area contributed by atoms with Crippen molar-refractivity contribution in [1.82, 2.24) is 0 Å². The van der Waals surface area contributed by atoms with Crippen LogP contribution >= 0.6 is 0 Å². The van der Waals surface area contributed by atoms with Gasteiger partial charge in [0.2, 0.25) is 0 Å². The van der Waals surface area contributed by atoms with Crippen LogP contribution in [0.5, 0.6) is 0 Å². The van der Waals surface area contributed by atoms with Crippen LogP contribution in [-0.2, 0) is 4.79 Å². The van der Waals surface area contributed by atoms with E-state index in [0.717, 1.165) is 12.8 Å². The van der Waals surface area contributed by atoms with Gasteiger partial charge in [-0.15, -0.1) is 0 Å². The molecular formula is C22H44NaO2. The maximum Gasteiger partial charge on any atom is 0.303 e. The molecule has 2 nitrogen and oxygen atoms in total. The summed E-state index contributed by atoms with van der Waals surface area (Å²) in [6.07, 6.45) is 26.1. The molecule has 1 N–H and O–H groups in total. The van der Waals surface area contributed by atoms with Gasteiger partial charge in [0, 0.05) is 36.0 Å². The van der Waals surface area contributed by atoms with E-state index in [1.54, 1.807) is 0 Å². The molecule has 0 fully saturated rings. The summed E-state index contributed by atoms with van der Waals surface area (Å²) >= 11 is 0. The molecule has 0 spiro atoms. The quantitative estimate of drug-likeness (QED) is 0.179. The molecule has 0 atom stereocenters.